The Kier molecular flexibility index (Phi) is 4.31. The first-order chi connectivity index (χ1) is 10.4. The molecule has 0 spiro atoms. The smallest absolute Gasteiger partial charge is 0.125 e. The van der Waals surface area contributed by atoms with Gasteiger partial charge < -0.3 is 10.2 Å². The summed E-state index contributed by atoms with van der Waals surface area (Å²) in [7, 11) is 0. The van der Waals surface area contributed by atoms with Crippen molar-refractivity contribution in [2.75, 3.05) is 0 Å². The van der Waals surface area contributed by atoms with Crippen molar-refractivity contribution >= 4 is 0 Å². The third-order valence-electron chi connectivity index (χ3n) is 3.72. The molecule has 0 heterocycles. The molecule has 0 saturated heterocycles. The van der Waals surface area contributed by atoms with E-state index in [4.69, 9.17) is 2.74 Å². The molecule has 2 N–H and O–H groups in total. The summed E-state index contributed by atoms with van der Waals surface area (Å²) in [5, 5.41) is 20.6. The second-order valence-electron chi connectivity index (χ2n) is 5.43. The van der Waals surface area contributed by atoms with Gasteiger partial charge in [0.05, 0.1) is 6.10 Å². The van der Waals surface area contributed by atoms with E-state index in [2.05, 4.69) is 11.8 Å². The van der Waals surface area contributed by atoms with Gasteiger partial charge in [-0.15, -0.1) is 0 Å². The molecule has 1 atom stereocenters. The van der Waals surface area contributed by atoms with Gasteiger partial charge in [-0.25, -0.2) is 0 Å². The molecule has 1 saturated carbocycles. The third kappa shape index (κ3) is 4.10. The highest BCUT2D eigenvalue weighted by Gasteiger charge is 2.26. The molecular formula is C18H24O2. The predicted octanol–water partition coefficient (Wildman–Crippen LogP) is 3.57. The van der Waals surface area contributed by atoms with Crippen LogP contribution in [0.4, 0.5) is 0 Å². The van der Waals surface area contributed by atoms with Gasteiger partial charge in [-0.3, -0.25) is 0 Å². The molecule has 1 unspecified atom stereocenters. The van der Waals surface area contributed by atoms with Crippen LogP contribution >= 0.6 is 0 Å². The Balaban J connectivity index is 2.19. The van der Waals surface area contributed by atoms with Crippen LogP contribution in [0.25, 0.3) is 0 Å². The zero-order valence-electron chi connectivity index (χ0n) is 14.0. The normalized spacial score (nSPS) is 21.1. The number of benzene rings is 1. The van der Waals surface area contributed by atoms with Crippen LogP contribution < -0.4 is 0 Å². The summed E-state index contributed by atoms with van der Waals surface area (Å²) in [5.74, 6) is 5.95. The fourth-order valence-corrected chi connectivity index (χ4v) is 2.55. The summed E-state index contributed by atoms with van der Waals surface area (Å²) < 4.78 is 15.6. The van der Waals surface area contributed by atoms with Crippen molar-refractivity contribution in [2.45, 2.75) is 63.5 Å². The molecule has 1 aliphatic rings. The summed E-state index contributed by atoms with van der Waals surface area (Å²) in [5.41, 5.74) is 0.321. The largest absolute Gasteiger partial charge is 0.388 e. The van der Waals surface area contributed by atoms with Crippen LogP contribution in [0.1, 0.15) is 71.8 Å². The zero-order chi connectivity index (χ0) is 16.2. The maximum absolute atomic E-state index is 10.4. The molecule has 1 aromatic carbocycles. The molecule has 1 aliphatic carbocycles. The number of aliphatic hydroxyl groups excluding tert-OH is 1. The van der Waals surface area contributed by atoms with Crippen molar-refractivity contribution in [3.05, 3.63) is 35.4 Å². The second-order valence-corrected chi connectivity index (χ2v) is 5.43. The molecule has 0 amide bonds. The molecule has 0 aliphatic heterocycles. The standard InChI is InChI=1S/C18H24O2/c1-2-7-17(19)16-9-6-8-15(14-16)10-13-18(20)11-4-3-5-12-18/h6,8-9,14,17,19-20H,2-5,7,11-12H2,1H3/i7D2. The monoisotopic (exact) mass is 274 g/mol. The van der Waals surface area contributed by atoms with E-state index < -0.39 is 18.1 Å². The lowest BCUT2D eigenvalue weighted by Gasteiger charge is -2.26. The first kappa shape index (κ1) is 12.4. The highest BCUT2D eigenvalue weighted by Crippen LogP contribution is 2.27. The summed E-state index contributed by atoms with van der Waals surface area (Å²) in [6.45, 7) is 1.71. The van der Waals surface area contributed by atoms with E-state index in [0.717, 1.165) is 19.3 Å². The van der Waals surface area contributed by atoms with E-state index in [1.54, 1.807) is 25.1 Å². The van der Waals surface area contributed by atoms with Crippen LogP contribution in [-0.4, -0.2) is 15.8 Å². The average molecular weight is 274 g/mol. The second kappa shape index (κ2) is 6.92. The van der Waals surface area contributed by atoms with Gasteiger partial charge in [0, 0.05) is 8.30 Å². The van der Waals surface area contributed by atoms with Crippen LogP contribution in [0, 0.1) is 11.8 Å². The highest BCUT2D eigenvalue weighted by molar-refractivity contribution is 5.39. The Morgan fingerprint density at radius 1 is 1.35 bits per heavy atom. The lowest BCUT2D eigenvalue weighted by atomic mass is 9.85. The van der Waals surface area contributed by atoms with Gasteiger partial charge in [-0.05, 0) is 49.8 Å². The Bertz CT molecular complexity index is 566. The fourth-order valence-electron chi connectivity index (χ4n) is 2.55. The van der Waals surface area contributed by atoms with Gasteiger partial charge >= 0.3 is 0 Å². The van der Waals surface area contributed by atoms with Gasteiger partial charge in [0.15, 0.2) is 0 Å². The zero-order valence-corrected chi connectivity index (χ0v) is 12.0. The maximum Gasteiger partial charge on any atom is 0.125 e. The molecule has 20 heavy (non-hydrogen) atoms. The minimum Gasteiger partial charge on any atom is -0.388 e. The predicted molar refractivity (Wildman–Crippen MR) is 81.2 cm³/mol. The van der Waals surface area contributed by atoms with E-state index in [-0.39, 0.29) is 6.42 Å². The van der Waals surface area contributed by atoms with Crippen molar-refractivity contribution in [3.8, 4) is 11.8 Å². The van der Waals surface area contributed by atoms with Crippen molar-refractivity contribution in [2.24, 2.45) is 0 Å². The summed E-state index contributed by atoms with van der Waals surface area (Å²) in [4.78, 5) is 0. The molecule has 108 valence electrons. The molecular weight excluding hydrogens is 248 g/mol. The first-order valence-corrected chi connectivity index (χ1v) is 7.40. The van der Waals surface area contributed by atoms with Gasteiger partial charge in [0.1, 0.15) is 5.60 Å². The van der Waals surface area contributed by atoms with Crippen LogP contribution in [-0.2, 0) is 0 Å². The Morgan fingerprint density at radius 2 is 2.10 bits per heavy atom. The number of hydrogen-bond acceptors (Lipinski definition) is 2. The minimum atomic E-state index is -1.66. The summed E-state index contributed by atoms with van der Waals surface area (Å²) in [6, 6.07) is 6.99. The molecule has 1 fully saturated rings. The van der Waals surface area contributed by atoms with Gasteiger partial charge in [0.25, 0.3) is 0 Å². The average Bonchev–Trinajstić information content (AvgIpc) is 2.53. The number of aliphatic hydroxyl groups is 2. The molecule has 2 heteroatoms. The van der Waals surface area contributed by atoms with Crippen molar-refractivity contribution in [3.63, 3.8) is 0 Å². The number of hydrogen-bond donors (Lipinski definition) is 2. The maximum atomic E-state index is 10.4. The van der Waals surface area contributed by atoms with E-state index in [9.17, 15) is 10.2 Å². The topological polar surface area (TPSA) is 40.5 Å². The molecule has 0 aromatic heterocycles. The Morgan fingerprint density at radius 3 is 2.80 bits per heavy atom. The van der Waals surface area contributed by atoms with Gasteiger partial charge in [0.2, 0.25) is 0 Å². The lowest BCUT2D eigenvalue weighted by Crippen LogP contribution is -2.29. The van der Waals surface area contributed by atoms with Crippen molar-refractivity contribution in [1.29, 1.82) is 0 Å². The fraction of sp³-hybridized carbons (Fsp3) is 0.556. The molecule has 0 bridgehead atoms. The molecule has 0 radical (unpaired) electrons. The summed E-state index contributed by atoms with van der Waals surface area (Å²) >= 11 is 0. The van der Waals surface area contributed by atoms with Gasteiger partial charge in [-0.1, -0.05) is 43.7 Å². The quantitative estimate of drug-likeness (QED) is 0.827. The SMILES string of the molecule is [2H]C([2H])(CC)C(O)c1cccc(C#CC2(O)CCCCC2)c1. The van der Waals surface area contributed by atoms with Crippen LogP contribution in [0.5, 0.6) is 0 Å². The minimum absolute atomic E-state index is 0.240. The van der Waals surface area contributed by atoms with Crippen LogP contribution in [0.3, 0.4) is 0 Å². The van der Waals surface area contributed by atoms with E-state index in [1.165, 1.54) is 0 Å². The van der Waals surface area contributed by atoms with Crippen LogP contribution in [0.15, 0.2) is 24.3 Å². The summed E-state index contributed by atoms with van der Waals surface area (Å²) in [6.07, 6.45) is 1.98. The molecule has 2 nitrogen and oxygen atoms in total. The molecule has 1 aromatic rings. The lowest BCUT2D eigenvalue weighted by molar-refractivity contribution is 0.0610. The van der Waals surface area contributed by atoms with Crippen LogP contribution in [0.2, 0.25) is 0 Å². The molecule has 2 rings (SSSR count). The number of rotatable bonds is 3. The van der Waals surface area contributed by atoms with Gasteiger partial charge in [-0.2, -0.15) is 0 Å². The highest BCUT2D eigenvalue weighted by atomic mass is 16.3. The van der Waals surface area contributed by atoms with Crippen molar-refractivity contribution in [1.82, 2.24) is 0 Å². The van der Waals surface area contributed by atoms with E-state index >= 15 is 0 Å². The Labute approximate surface area is 124 Å². The Hall–Kier alpha value is -1.30. The van der Waals surface area contributed by atoms with E-state index in [1.807, 2.05) is 6.07 Å². The van der Waals surface area contributed by atoms with Crippen molar-refractivity contribution < 1.29 is 13.0 Å². The van der Waals surface area contributed by atoms with E-state index in [0.29, 0.717) is 24.0 Å². The third-order valence-corrected chi connectivity index (χ3v) is 3.72. The first-order valence-electron chi connectivity index (χ1n) is 8.40.